The minimum Gasteiger partial charge on any atom is -0.497 e. The molecule has 1 aromatic heterocycles. The van der Waals surface area contributed by atoms with E-state index < -0.39 is 5.41 Å². The second kappa shape index (κ2) is 5.51. The molecule has 6 heterocycles. The van der Waals surface area contributed by atoms with Crippen LogP contribution in [0.1, 0.15) is 31.0 Å². The summed E-state index contributed by atoms with van der Waals surface area (Å²) in [7, 11) is 3.22. The fraction of sp³-hybridized carbons (Fsp3) is 0.591. The molecule has 1 aromatic carbocycles. The molecule has 4 saturated heterocycles. The van der Waals surface area contributed by atoms with Crippen molar-refractivity contribution in [1.29, 1.82) is 0 Å². The maximum Gasteiger partial charge on any atom is 0.319 e. The van der Waals surface area contributed by atoms with Gasteiger partial charge in [0, 0.05) is 41.0 Å². The lowest BCUT2D eigenvalue weighted by atomic mass is 9.54. The maximum absolute atomic E-state index is 13.5. The third kappa shape index (κ3) is 1.83. The number of ether oxygens (including phenoxy) is 3. The van der Waals surface area contributed by atoms with Crippen LogP contribution >= 0.6 is 0 Å². The summed E-state index contributed by atoms with van der Waals surface area (Å²) in [4.78, 5) is 19.6. The molecule has 1 saturated carbocycles. The molecule has 6 aliphatic rings. The molecular weight excluding hydrogens is 356 g/mol. The molecule has 28 heavy (non-hydrogen) atoms. The number of fused-ring (bicyclic) bond motifs is 4. The van der Waals surface area contributed by atoms with Gasteiger partial charge in [-0.05, 0) is 49.9 Å². The largest absolute Gasteiger partial charge is 0.497 e. The molecule has 7 atom stereocenters. The first-order valence-corrected chi connectivity index (χ1v) is 10.3. The van der Waals surface area contributed by atoms with E-state index in [1.807, 2.05) is 6.07 Å². The summed E-state index contributed by atoms with van der Waals surface area (Å²) in [6.07, 6.45) is 3.15. The van der Waals surface area contributed by atoms with E-state index in [1.165, 1.54) is 12.7 Å². The van der Waals surface area contributed by atoms with Crippen molar-refractivity contribution in [3.05, 3.63) is 29.5 Å². The van der Waals surface area contributed by atoms with Crippen LogP contribution in [-0.4, -0.2) is 55.0 Å². The first-order valence-electron chi connectivity index (χ1n) is 10.3. The van der Waals surface area contributed by atoms with E-state index in [-0.39, 0.29) is 24.3 Å². The van der Waals surface area contributed by atoms with Crippen LogP contribution in [0.25, 0.3) is 10.9 Å². The normalized spacial score (nSPS) is 40.2. The highest BCUT2D eigenvalue weighted by Crippen LogP contribution is 2.60. The molecule has 6 bridgehead atoms. The average molecular weight is 382 g/mol. The Kier molecular flexibility index (Phi) is 3.32. The van der Waals surface area contributed by atoms with Crippen molar-refractivity contribution in [2.75, 3.05) is 20.8 Å². The number of carbonyl (C=O) groups is 1. The van der Waals surface area contributed by atoms with Crippen molar-refractivity contribution in [1.82, 2.24) is 9.88 Å². The Bertz CT molecular complexity index is 984. The zero-order chi connectivity index (χ0) is 19.2. The zero-order valence-electron chi connectivity index (χ0n) is 16.5. The topological polar surface area (TPSA) is 63.8 Å². The van der Waals surface area contributed by atoms with E-state index in [0.717, 1.165) is 48.2 Å². The second-order valence-corrected chi connectivity index (χ2v) is 8.88. The highest BCUT2D eigenvalue weighted by atomic mass is 16.5. The summed E-state index contributed by atoms with van der Waals surface area (Å²) in [5, 5.41) is 1.16. The minimum atomic E-state index is -0.644. The fourth-order valence-electron chi connectivity index (χ4n) is 6.84. The standard InChI is InChI=1S/C22H26N2O4/c1-11-15-8-12-10-22(21(25)27-3)18-14(6-7-24(19(15)22)20(12)28-11)16-9-13(26-2)4-5-17(16)23-18/h4-5,9,11-12,15,19-20,23H,6-8,10H2,1-3H3. The number of piperidine rings is 2. The van der Waals surface area contributed by atoms with Gasteiger partial charge in [-0.15, -0.1) is 0 Å². The van der Waals surface area contributed by atoms with Crippen molar-refractivity contribution in [3.63, 3.8) is 0 Å². The van der Waals surface area contributed by atoms with Crippen LogP contribution in [0.5, 0.6) is 5.75 Å². The number of nitrogens with one attached hydrogen (secondary N) is 1. The number of carbonyl (C=O) groups excluding carboxylic acids is 1. The van der Waals surface area contributed by atoms with Crippen LogP contribution in [-0.2, 0) is 26.1 Å². The summed E-state index contributed by atoms with van der Waals surface area (Å²) in [5.41, 5.74) is 2.73. The molecule has 7 unspecified atom stereocenters. The van der Waals surface area contributed by atoms with Crippen molar-refractivity contribution >= 4 is 16.9 Å². The third-order valence-electron chi connectivity index (χ3n) is 7.84. The molecule has 148 valence electrons. The Labute approximate surface area is 164 Å². The van der Waals surface area contributed by atoms with E-state index in [4.69, 9.17) is 14.2 Å². The van der Waals surface area contributed by atoms with Crippen molar-refractivity contribution < 1.29 is 19.0 Å². The van der Waals surface area contributed by atoms with Gasteiger partial charge in [0.05, 0.1) is 20.3 Å². The van der Waals surface area contributed by atoms with Crippen molar-refractivity contribution in [2.24, 2.45) is 11.8 Å². The number of hydrogen-bond donors (Lipinski definition) is 1. The summed E-state index contributed by atoms with van der Waals surface area (Å²) < 4.78 is 17.3. The monoisotopic (exact) mass is 382 g/mol. The molecule has 1 aliphatic carbocycles. The lowest BCUT2D eigenvalue weighted by Gasteiger charge is -2.66. The Morgan fingerprint density at radius 2 is 2.21 bits per heavy atom. The molecule has 0 spiro atoms. The summed E-state index contributed by atoms with van der Waals surface area (Å²) in [6.45, 7) is 3.07. The Morgan fingerprint density at radius 1 is 1.36 bits per heavy atom. The summed E-state index contributed by atoms with van der Waals surface area (Å²) in [5.74, 6) is 1.46. The number of aromatic nitrogens is 1. The van der Waals surface area contributed by atoms with Gasteiger partial charge in [0.1, 0.15) is 17.4 Å². The minimum absolute atomic E-state index is 0.105. The lowest BCUT2D eigenvalue weighted by molar-refractivity contribution is -0.290. The average Bonchev–Trinajstić information content (AvgIpc) is 3.04. The van der Waals surface area contributed by atoms with Crippen LogP contribution in [0.3, 0.4) is 0 Å². The van der Waals surface area contributed by atoms with Gasteiger partial charge in [0.15, 0.2) is 0 Å². The molecule has 6 nitrogen and oxygen atoms in total. The lowest BCUT2D eigenvalue weighted by Crippen LogP contribution is -2.76. The molecule has 5 fully saturated rings. The number of aromatic amines is 1. The van der Waals surface area contributed by atoms with E-state index in [1.54, 1.807) is 7.11 Å². The molecule has 0 radical (unpaired) electrons. The van der Waals surface area contributed by atoms with Gasteiger partial charge in [-0.2, -0.15) is 0 Å². The van der Waals surface area contributed by atoms with Gasteiger partial charge in [-0.1, -0.05) is 0 Å². The van der Waals surface area contributed by atoms with Gasteiger partial charge < -0.3 is 19.2 Å². The number of H-pyrrole nitrogens is 1. The number of methoxy groups -OCH3 is 2. The Balaban J connectivity index is 1.63. The van der Waals surface area contributed by atoms with E-state index >= 15 is 0 Å². The highest BCUT2D eigenvalue weighted by Gasteiger charge is 2.69. The molecule has 8 rings (SSSR count). The van der Waals surface area contributed by atoms with Gasteiger partial charge in [-0.25, -0.2) is 0 Å². The SMILES string of the molecule is COC(=O)C12CC3CC4C(C)OC3N(CCc3c1[nH]c1ccc(OC)cc31)C42. The molecule has 0 amide bonds. The number of hydrogen-bond acceptors (Lipinski definition) is 5. The maximum atomic E-state index is 13.5. The Hall–Kier alpha value is -2.05. The predicted molar refractivity (Wildman–Crippen MR) is 103 cm³/mol. The molecule has 6 heteroatoms. The first kappa shape index (κ1) is 16.9. The number of rotatable bonds is 2. The third-order valence-corrected chi connectivity index (χ3v) is 7.84. The van der Waals surface area contributed by atoms with Crippen LogP contribution in [0, 0.1) is 11.8 Å². The van der Waals surface area contributed by atoms with Crippen LogP contribution in [0.15, 0.2) is 18.2 Å². The van der Waals surface area contributed by atoms with E-state index in [2.05, 4.69) is 28.9 Å². The molecule has 2 aromatic rings. The molecular formula is C22H26N2O4. The molecule has 5 aliphatic heterocycles. The number of benzene rings is 1. The van der Waals surface area contributed by atoms with Gasteiger partial charge in [-0.3, -0.25) is 9.69 Å². The zero-order valence-corrected chi connectivity index (χ0v) is 16.5. The quantitative estimate of drug-likeness (QED) is 0.809. The number of nitrogens with zero attached hydrogens (tertiary/aromatic N) is 1. The van der Waals surface area contributed by atoms with Crippen LogP contribution in [0.4, 0.5) is 0 Å². The van der Waals surface area contributed by atoms with E-state index in [9.17, 15) is 4.79 Å². The van der Waals surface area contributed by atoms with Gasteiger partial charge in [0.2, 0.25) is 0 Å². The second-order valence-electron chi connectivity index (χ2n) is 8.88. The van der Waals surface area contributed by atoms with E-state index in [0.29, 0.717) is 11.8 Å². The first-order chi connectivity index (χ1) is 13.6. The number of esters is 1. The van der Waals surface area contributed by atoms with Crippen LogP contribution < -0.4 is 4.74 Å². The van der Waals surface area contributed by atoms with Crippen molar-refractivity contribution in [3.8, 4) is 5.75 Å². The Morgan fingerprint density at radius 3 is 3.00 bits per heavy atom. The summed E-state index contributed by atoms with van der Waals surface area (Å²) >= 11 is 0. The molecule has 1 N–H and O–H groups in total. The summed E-state index contributed by atoms with van der Waals surface area (Å²) in [6, 6.07) is 6.26. The van der Waals surface area contributed by atoms with Crippen molar-refractivity contribution in [2.45, 2.75) is 50.0 Å². The predicted octanol–water partition coefficient (Wildman–Crippen LogP) is 2.60. The smallest absolute Gasteiger partial charge is 0.319 e. The van der Waals surface area contributed by atoms with Gasteiger partial charge >= 0.3 is 5.97 Å². The fourth-order valence-corrected chi connectivity index (χ4v) is 6.84. The van der Waals surface area contributed by atoms with Gasteiger partial charge in [0.25, 0.3) is 0 Å². The van der Waals surface area contributed by atoms with Crippen LogP contribution in [0.2, 0.25) is 0 Å². The highest BCUT2D eigenvalue weighted by molar-refractivity contribution is 5.92.